The second kappa shape index (κ2) is 9.69. The first-order valence-corrected chi connectivity index (χ1v) is 12.0. The summed E-state index contributed by atoms with van der Waals surface area (Å²) in [6.45, 7) is 2.58. The van der Waals surface area contributed by atoms with Gasteiger partial charge in [0.2, 0.25) is 15.9 Å². The summed E-state index contributed by atoms with van der Waals surface area (Å²) < 4.78 is 27.1. The Labute approximate surface area is 163 Å². The van der Waals surface area contributed by atoms with Crippen molar-refractivity contribution in [3.8, 4) is 0 Å². The molecule has 0 N–H and O–H groups in total. The quantitative estimate of drug-likeness (QED) is 0.748. The van der Waals surface area contributed by atoms with Gasteiger partial charge in [0.05, 0.1) is 11.7 Å². The van der Waals surface area contributed by atoms with Gasteiger partial charge in [-0.3, -0.25) is 4.79 Å². The van der Waals surface area contributed by atoms with Crippen LogP contribution in [0.3, 0.4) is 0 Å². The molecule has 1 amide bonds. The summed E-state index contributed by atoms with van der Waals surface area (Å²) in [4.78, 5) is 14.9. The predicted molar refractivity (Wildman–Crippen MR) is 108 cm³/mol. The fraction of sp³-hybridized carbons (Fsp3) is 0.667. The maximum Gasteiger partial charge on any atom is 0.227 e. The molecule has 0 unspecified atom stereocenters. The summed E-state index contributed by atoms with van der Waals surface area (Å²) in [5, 5.41) is 0. The largest absolute Gasteiger partial charge is 0.342 e. The van der Waals surface area contributed by atoms with Crippen LogP contribution in [0, 0.1) is 5.92 Å². The molecule has 150 valence electrons. The fourth-order valence-electron chi connectivity index (χ4n) is 4.18. The van der Waals surface area contributed by atoms with Crippen LogP contribution < -0.4 is 0 Å². The van der Waals surface area contributed by atoms with Crippen LogP contribution in [0.4, 0.5) is 0 Å². The van der Waals surface area contributed by atoms with Crippen molar-refractivity contribution in [1.82, 2.24) is 9.21 Å². The molecule has 0 spiro atoms. The molecule has 5 nitrogen and oxygen atoms in total. The summed E-state index contributed by atoms with van der Waals surface area (Å²) in [7, 11) is -3.30. The lowest BCUT2D eigenvalue weighted by molar-refractivity contribution is -0.136. The van der Waals surface area contributed by atoms with Gasteiger partial charge in [0.15, 0.2) is 0 Å². The van der Waals surface area contributed by atoms with Gasteiger partial charge in [-0.1, -0.05) is 43.2 Å². The summed E-state index contributed by atoms with van der Waals surface area (Å²) in [6.07, 6.45) is 7.50. The van der Waals surface area contributed by atoms with E-state index in [1.165, 1.54) is 18.4 Å². The highest BCUT2D eigenvalue weighted by Gasteiger charge is 2.34. The van der Waals surface area contributed by atoms with Crippen molar-refractivity contribution in [3.63, 3.8) is 0 Å². The van der Waals surface area contributed by atoms with Crippen molar-refractivity contribution in [3.05, 3.63) is 35.9 Å². The number of aryl methyl sites for hydroxylation is 1. The van der Waals surface area contributed by atoms with Crippen LogP contribution >= 0.6 is 0 Å². The van der Waals surface area contributed by atoms with E-state index in [0.717, 1.165) is 45.2 Å². The molecule has 1 aromatic carbocycles. The normalized spacial score (nSPS) is 22.4. The molecule has 2 aliphatic heterocycles. The van der Waals surface area contributed by atoms with Gasteiger partial charge in [-0.2, -0.15) is 0 Å². The van der Waals surface area contributed by atoms with Gasteiger partial charge in [-0.05, 0) is 44.1 Å². The molecule has 2 aliphatic rings. The lowest BCUT2D eigenvalue weighted by Crippen LogP contribution is -2.47. The van der Waals surface area contributed by atoms with Crippen LogP contribution in [0.15, 0.2) is 30.3 Å². The number of hydrogen-bond acceptors (Lipinski definition) is 3. The van der Waals surface area contributed by atoms with Crippen LogP contribution in [0.5, 0.6) is 0 Å². The maximum atomic E-state index is 12.9. The molecular weight excluding hydrogens is 360 g/mol. The van der Waals surface area contributed by atoms with E-state index in [1.807, 2.05) is 35.2 Å². The van der Waals surface area contributed by atoms with Gasteiger partial charge >= 0.3 is 0 Å². The number of piperidine rings is 1. The van der Waals surface area contributed by atoms with Crippen LogP contribution in [-0.2, 0) is 21.2 Å². The Morgan fingerprint density at radius 3 is 2.37 bits per heavy atom. The minimum atomic E-state index is -3.30. The first-order chi connectivity index (χ1) is 13.1. The average Bonchev–Trinajstić information content (AvgIpc) is 2.98. The molecule has 0 aromatic heterocycles. The SMILES string of the molecule is O=C([C@H]1CCCN(S(=O)(=O)CCCc2ccccc2)C1)N1CCCCCC1. The second-order valence-electron chi connectivity index (χ2n) is 7.84. The molecule has 1 aromatic rings. The molecule has 2 fully saturated rings. The van der Waals surface area contributed by atoms with Crippen molar-refractivity contribution in [2.24, 2.45) is 5.92 Å². The average molecular weight is 393 g/mol. The van der Waals surface area contributed by atoms with Gasteiger partial charge in [-0.25, -0.2) is 12.7 Å². The fourth-order valence-corrected chi connectivity index (χ4v) is 5.76. The topological polar surface area (TPSA) is 57.7 Å². The number of likely N-dealkylation sites (tertiary alicyclic amines) is 1. The zero-order valence-corrected chi connectivity index (χ0v) is 17.0. The molecule has 0 saturated carbocycles. The minimum absolute atomic E-state index is 0.159. The molecule has 6 heteroatoms. The zero-order valence-electron chi connectivity index (χ0n) is 16.2. The van der Waals surface area contributed by atoms with Crippen LogP contribution in [0.25, 0.3) is 0 Å². The Morgan fingerprint density at radius 2 is 1.67 bits per heavy atom. The monoisotopic (exact) mass is 392 g/mol. The van der Waals surface area contributed by atoms with E-state index in [0.29, 0.717) is 19.5 Å². The first kappa shape index (κ1) is 20.3. The number of sulfonamides is 1. The van der Waals surface area contributed by atoms with Gasteiger partial charge in [0.25, 0.3) is 0 Å². The summed E-state index contributed by atoms with van der Waals surface area (Å²) in [5.41, 5.74) is 1.17. The molecule has 2 saturated heterocycles. The molecule has 3 rings (SSSR count). The standard InChI is InChI=1S/C21H32N2O3S/c24-21(22-14-6-1-2-7-15-22)20-13-8-16-23(18-20)27(25,26)17-9-12-19-10-4-3-5-11-19/h3-5,10-11,20H,1-2,6-9,12-18H2/t20-/m0/s1. The smallest absolute Gasteiger partial charge is 0.227 e. The number of amides is 1. The summed E-state index contributed by atoms with van der Waals surface area (Å²) >= 11 is 0. The van der Waals surface area contributed by atoms with Crippen molar-refractivity contribution in [2.45, 2.75) is 51.4 Å². The van der Waals surface area contributed by atoms with Gasteiger partial charge < -0.3 is 4.90 Å². The van der Waals surface area contributed by atoms with Gasteiger partial charge in [0.1, 0.15) is 0 Å². The number of benzene rings is 1. The van der Waals surface area contributed by atoms with Gasteiger partial charge in [-0.15, -0.1) is 0 Å². The van der Waals surface area contributed by atoms with E-state index < -0.39 is 10.0 Å². The molecule has 0 radical (unpaired) electrons. The van der Waals surface area contributed by atoms with Gasteiger partial charge in [0, 0.05) is 26.2 Å². The predicted octanol–water partition coefficient (Wildman–Crippen LogP) is 3.06. The van der Waals surface area contributed by atoms with E-state index in [-0.39, 0.29) is 17.6 Å². The molecule has 0 bridgehead atoms. The highest BCUT2D eigenvalue weighted by Crippen LogP contribution is 2.23. The third kappa shape index (κ3) is 5.79. The maximum absolute atomic E-state index is 12.9. The van der Waals surface area contributed by atoms with E-state index >= 15 is 0 Å². The van der Waals surface area contributed by atoms with E-state index in [2.05, 4.69) is 0 Å². The van der Waals surface area contributed by atoms with Crippen LogP contribution in [-0.4, -0.2) is 55.5 Å². The molecular formula is C21H32N2O3S. The summed E-state index contributed by atoms with van der Waals surface area (Å²) in [6, 6.07) is 9.99. The van der Waals surface area contributed by atoms with Crippen molar-refractivity contribution in [2.75, 3.05) is 31.9 Å². The molecule has 1 atom stereocenters. The Balaban J connectivity index is 1.53. The first-order valence-electron chi connectivity index (χ1n) is 10.4. The number of carbonyl (C=O) groups is 1. The zero-order chi connectivity index (χ0) is 19.1. The Morgan fingerprint density at radius 1 is 0.963 bits per heavy atom. The van der Waals surface area contributed by atoms with E-state index in [1.54, 1.807) is 4.31 Å². The highest BCUT2D eigenvalue weighted by atomic mass is 32.2. The minimum Gasteiger partial charge on any atom is -0.342 e. The van der Waals surface area contributed by atoms with Crippen molar-refractivity contribution < 1.29 is 13.2 Å². The van der Waals surface area contributed by atoms with E-state index in [9.17, 15) is 13.2 Å². The number of nitrogens with zero attached hydrogens (tertiary/aromatic N) is 2. The lowest BCUT2D eigenvalue weighted by Gasteiger charge is -2.34. The Kier molecular flexibility index (Phi) is 7.30. The number of rotatable bonds is 6. The third-order valence-electron chi connectivity index (χ3n) is 5.76. The third-order valence-corrected chi connectivity index (χ3v) is 7.68. The second-order valence-corrected chi connectivity index (χ2v) is 9.93. The highest BCUT2D eigenvalue weighted by molar-refractivity contribution is 7.89. The number of carbonyl (C=O) groups excluding carboxylic acids is 1. The lowest BCUT2D eigenvalue weighted by atomic mass is 9.98. The van der Waals surface area contributed by atoms with Crippen molar-refractivity contribution >= 4 is 15.9 Å². The molecule has 27 heavy (non-hydrogen) atoms. The number of hydrogen-bond donors (Lipinski definition) is 0. The Bertz CT molecular complexity index is 697. The molecule has 0 aliphatic carbocycles. The van der Waals surface area contributed by atoms with Crippen LogP contribution in [0.2, 0.25) is 0 Å². The summed E-state index contributed by atoms with van der Waals surface area (Å²) in [5.74, 6) is 0.161. The van der Waals surface area contributed by atoms with Crippen LogP contribution in [0.1, 0.15) is 50.5 Å². The Hall–Kier alpha value is -1.40. The molecule has 2 heterocycles. The van der Waals surface area contributed by atoms with E-state index in [4.69, 9.17) is 0 Å². The van der Waals surface area contributed by atoms with Crippen molar-refractivity contribution in [1.29, 1.82) is 0 Å².